The Morgan fingerprint density at radius 2 is 2.20 bits per heavy atom. The monoisotopic (exact) mass is 222 g/mol. The summed E-state index contributed by atoms with van der Waals surface area (Å²) in [6.45, 7) is 0. The van der Waals surface area contributed by atoms with E-state index >= 15 is 0 Å². The van der Waals surface area contributed by atoms with Crippen LogP contribution in [0.25, 0.3) is 0 Å². The maximum Gasteiger partial charge on any atom is 0.339 e. The molecule has 1 N–H and O–H groups in total. The Balaban J connectivity index is 2.32. The molecule has 6 heteroatoms. The Hall–Kier alpha value is -1.95. The zero-order valence-electron chi connectivity index (χ0n) is 7.45. The zero-order chi connectivity index (χ0) is 10.7. The van der Waals surface area contributed by atoms with Crippen LogP contribution in [0.2, 0.25) is 0 Å². The molecule has 5 nitrogen and oxygen atoms in total. The smallest absolute Gasteiger partial charge is 0.339 e. The van der Waals surface area contributed by atoms with E-state index in [1.807, 2.05) is 0 Å². The molecule has 0 bridgehead atoms. The van der Waals surface area contributed by atoms with Gasteiger partial charge in [0.2, 0.25) is 0 Å². The molecule has 0 spiro atoms. The van der Waals surface area contributed by atoms with Crippen LogP contribution >= 0.6 is 11.3 Å². The van der Waals surface area contributed by atoms with E-state index in [4.69, 9.17) is 9.84 Å². The van der Waals surface area contributed by atoms with Crippen LogP contribution in [0.4, 0.5) is 0 Å². The first-order valence-corrected chi connectivity index (χ1v) is 4.91. The van der Waals surface area contributed by atoms with Gasteiger partial charge in [0.15, 0.2) is 0 Å². The fourth-order valence-electron chi connectivity index (χ4n) is 1.03. The van der Waals surface area contributed by atoms with Crippen LogP contribution < -0.4 is 4.74 Å². The van der Waals surface area contributed by atoms with E-state index in [1.54, 1.807) is 18.2 Å². The van der Waals surface area contributed by atoms with Crippen molar-refractivity contribution < 1.29 is 14.6 Å². The molecule has 0 fully saturated rings. The first-order chi connectivity index (χ1) is 7.27. The van der Waals surface area contributed by atoms with Crippen molar-refractivity contribution in [2.75, 3.05) is 0 Å². The molecular formula is C9H6N2O3S. The SMILES string of the molecule is O=C(O)c1ccccc1Oc1nncs1. The number of rotatable bonds is 3. The van der Waals surface area contributed by atoms with Gasteiger partial charge in [0, 0.05) is 0 Å². The number of hydrogen-bond acceptors (Lipinski definition) is 5. The molecule has 1 heterocycles. The van der Waals surface area contributed by atoms with Gasteiger partial charge in [-0.3, -0.25) is 0 Å². The van der Waals surface area contributed by atoms with Gasteiger partial charge in [0.25, 0.3) is 5.19 Å². The third kappa shape index (κ3) is 2.10. The minimum absolute atomic E-state index is 0.104. The van der Waals surface area contributed by atoms with Crippen molar-refractivity contribution >= 4 is 17.3 Å². The number of nitrogens with zero attached hydrogens (tertiary/aromatic N) is 2. The number of hydrogen-bond donors (Lipinski definition) is 1. The maximum atomic E-state index is 10.8. The molecule has 0 aliphatic carbocycles. The van der Waals surface area contributed by atoms with Gasteiger partial charge in [-0.15, -0.1) is 5.10 Å². The van der Waals surface area contributed by atoms with E-state index < -0.39 is 5.97 Å². The Labute approximate surface area is 89.0 Å². The summed E-state index contributed by atoms with van der Waals surface area (Å²) in [7, 11) is 0. The molecule has 1 aromatic heterocycles. The second-order valence-electron chi connectivity index (χ2n) is 2.61. The largest absolute Gasteiger partial charge is 0.478 e. The van der Waals surface area contributed by atoms with Crippen molar-refractivity contribution in [2.45, 2.75) is 0 Å². The summed E-state index contributed by atoms with van der Waals surface area (Å²) in [6.07, 6.45) is 0. The maximum absolute atomic E-state index is 10.8. The van der Waals surface area contributed by atoms with Crippen LogP contribution in [0, 0.1) is 0 Å². The standard InChI is InChI=1S/C9H6N2O3S/c12-8(13)6-3-1-2-4-7(6)14-9-11-10-5-15-9/h1-5H,(H,12,13). The summed E-state index contributed by atoms with van der Waals surface area (Å²) in [6, 6.07) is 6.38. The summed E-state index contributed by atoms with van der Waals surface area (Å²) in [5, 5.41) is 16.5. The fourth-order valence-corrected chi connectivity index (χ4v) is 1.45. The average Bonchev–Trinajstić information content (AvgIpc) is 2.71. The van der Waals surface area contributed by atoms with Gasteiger partial charge in [-0.05, 0) is 12.1 Å². The topological polar surface area (TPSA) is 72.3 Å². The van der Waals surface area contributed by atoms with E-state index in [2.05, 4.69) is 10.2 Å². The highest BCUT2D eigenvalue weighted by Gasteiger charge is 2.11. The van der Waals surface area contributed by atoms with Crippen LogP contribution in [0.5, 0.6) is 10.9 Å². The van der Waals surface area contributed by atoms with Gasteiger partial charge in [0.05, 0.1) is 0 Å². The average molecular weight is 222 g/mol. The highest BCUT2D eigenvalue weighted by atomic mass is 32.1. The van der Waals surface area contributed by atoms with Crippen LogP contribution in [0.1, 0.15) is 10.4 Å². The lowest BCUT2D eigenvalue weighted by molar-refractivity contribution is 0.0694. The molecule has 76 valence electrons. The van der Waals surface area contributed by atoms with E-state index in [1.165, 1.54) is 22.9 Å². The number of aromatic carboxylic acids is 1. The lowest BCUT2D eigenvalue weighted by Gasteiger charge is -2.03. The van der Waals surface area contributed by atoms with Gasteiger partial charge in [-0.25, -0.2) is 4.79 Å². The number of ether oxygens (including phenoxy) is 1. The van der Waals surface area contributed by atoms with Crippen LogP contribution in [0.3, 0.4) is 0 Å². The third-order valence-corrected chi connectivity index (χ3v) is 2.22. The van der Waals surface area contributed by atoms with E-state index in [0.717, 1.165) is 0 Å². The molecule has 0 saturated carbocycles. The molecule has 2 aromatic rings. The molecule has 0 radical (unpaired) electrons. The molecule has 0 atom stereocenters. The molecule has 1 aromatic carbocycles. The number of carboxylic acid groups (broad SMARTS) is 1. The second kappa shape index (κ2) is 4.05. The number of aromatic nitrogens is 2. The summed E-state index contributed by atoms with van der Waals surface area (Å²) >= 11 is 1.20. The van der Waals surface area contributed by atoms with E-state index in [-0.39, 0.29) is 11.3 Å². The lowest BCUT2D eigenvalue weighted by atomic mass is 10.2. The molecule has 0 aliphatic rings. The summed E-state index contributed by atoms with van der Waals surface area (Å²) in [4.78, 5) is 10.8. The first-order valence-electron chi connectivity index (χ1n) is 4.03. The van der Waals surface area contributed by atoms with Gasteiger partial charge < -0.3 is 9.84 Å². The van der Waals surface area contributed by atoms with Crippen molar-refractivity contribution in [1.82, 2.24) is 10.2 Å². The van der Waals surface area contributed by atoms with Gasteiger partial charge >= 0.3 is 5.97 Å². The van der Waals surface area contributed by atoms with E-state index in [9.17, 15) is 4.79 Å². The summed E-state index contributed by atoms with van der Waals surface area (Å²) < 4.78 is 5.27. The van der Waals surface area contributed by atoms with Crippen molar-refractivity contribution in [2.24, 2.45) is 0 Å². The van der Waals surface area contributed by atoms with Crippen LogP contribution in [-0.2, 0) is 0 Å². The van der Waals surface area contributed by atoms with Crippen molar-refractivity contribution in [1.29, 1.82) is 0 Å². The van der Waals surface area contributed by atoms with Crippen molar-refractivity contribution in [3.8, 4) is 10.9 Å². The van der Waals surface area contributed by atoms with Gasteiger partial charge in [-0.1, -0.05) is 28.6 Å². The number of benzene rings is 1. The molecule has 0 amide bonds. The predicted octanol–water partition coefficient (Wildman–Crippen LogP) is 2.03. The molecule has 0 saturated heterocycles. The van der Waals surface area contributed by atoms with Crippen LogP contribution in [0.15, 0.2) is 29.8 Å². The molecule has 0 aliphatic heterocycles. The zero-order valence-corrected chi connectivity index (χ0v) is 8.27. The van der Waals surface area contributed by atoms with Gasteiger partial charge in [-0.2, -0.15) is 0 Å². The number of carbonyl (C=O) groups is 1. The first kappa shape index (κ1) is 9.60. The predicted molar refractivity (Wildman–Crippen MR) is 53.4 cm³/mol. The van der Waals surface area contributed by atoms with E-state index in [0.29, 0.717) is 5.19 Å². The fraction of sp³-hybridized carbons (Fsp3) is 0. The van der Waals surface area contributed by atoms with Crippen molar-refractivity contribution in [3.05, 3.63) is 35.3 Å². The Morgan fingerprint density at radius 3 is 2.87 bits per heavy atom. The summed E-state index contributed by atoms with van der Waals surface area (Å²) in [5.74, 6) is -0.767. The third-order valence-electron chi connectivity index (χ3n) is 1.65. The van der Waals surface area contributed by atoms with Crippen molar-refractivity contribution in [3.63, 3.8) is 0 Å². The lowest BCUT2D eigenvalue weighted by Crippen LogP contribution is -1.99. The second-order valence-corrected chi connectivity index (χ2v) is 3.40. The molecular weight excluding hydrogens is 216 g/mol. The minimum Gasteiger partial charge on any atom is -0.478 e. The Bertz CT molecular complexity index is 470. The highest BCUT2D eigenvalue weighted by molar-refractivity contribution is 7.11. The Kier molecular flexibility index (Phi) is 2.59. The molecule has 15 heavy (non-hydrogen) atoms. The quantitative estimate of drug-likeness (QED) is 0.860. The number of carboxylic acids is 1. The summed E-state index contributed by atoms with van der Waals surface area (Å²) in [5.41, 5.74) is 1.62. The number of para-hydroxylation sites is 1. The normalized spacial score (nSPS) is 9.87. The molecule has 0 unspecified atom stereocenters. The minimum atomic E-state index is -1.03. The highest BCUT2D eigenvalue weighted by Crippen LogP contribution is 2.25. The molecule has 2 rings (SSSR count). The van der Waals surface area contributed by atoms with Crippen LogP contribution in [-0.4, -0.2) is 21.3 Å². The Morgan fingerprint density at radius 1 is 1.40 bits per heavy atom. The van der Waals surface area contributed by atoms with Gasteiger partial charge in [0.1, 0.15) is 16.8 Å².